The first-order valence-electron chi connectivity index (χ1n) is 7.72. The Morgan fingerprint density at radius 3 is 3.05 bits per heavy atom. The topological polar surface area (TPSA) is 38.8 Å². The van der Waals surface area contributed by atoms with Gasteiger partial charge >= 0.3 is 0 Å². The highest BCUT2D eigenvalue weighted by Gasteiger charge is 2.31. The Labute approximate surface area is 130 Å². The van der Waals surface area contributed by atoms with E-state index in [1.165, 1.54) is 10.4 Å². The predicted molar refractivity (Wildman–Crippen MR) is 82.6 cm³/mol. The van der Waals surface area contributed by atoms with Gasteiger partial charge in [0.1, 0.15) is 0 Å². The molecule has 0 saturated carbocycles. The number of aryl methyl sites for hydroxylation is 2. The van der Waals surface area contributed by atoms with Crippen LogP contribution in [0.4, 0.5) is 0 Å². The minimum atomic E-state index is 0.234. The summed E-state index contributed by atoms with van der Waals surface area (Å²) in [5.74, 6) is 0.809. The molecule has 1 aromatic heterocycles. The Kier molecular flexibility index (Phi) is 4.93. The predicted octanol–water partition coefficient (Wildman–Crippen LogP) is 2.25. The molecule has 0 spiro atoms. The molecule has 116 valence electrons. The monoisotopic (exact) mass is 309 g/mol. The zero-order chi connectivity index (χ0) is 14.7. The molecule has 5 heteroatoms. The number of carbonyl (C=O) groups is 1. The van der Waals surface area contributed by atoms with Crippen molar-refractivity contribution in [3.63, 3.8) is 0 Å². The fraction of sp³-hybridized carbons (Fsp3) is 0.688. The van der Waals surface area contributed by atoms with E-state index in [0.717, 1.165) is 45.8 Å². The number of hydrogen-bond donors (Lipinski definition) is 0. The van der Waals surface area contributed by atoms with E-state index in [9.17, 15) is 4.79 Å². The molecule has 4 nitrogen and oxygen atoms in total. The van der Waals surface area contributed by atoms with Crippen LogP contribution >= 0.6 is 11.3 Å². The third-order valence-corrected chi connectivity index (χ3v) is 5.41. The molecule has 2 aliphatic heterocycles. The van der Waals surface area contributed by atoms with Crippen LogP contribution in [-0.2, 0) is 20.7 Å². The minimum absolute atomic E-state index is 0.234. The molecule has 2 fully saturated rings. The normalized spacial score (nSPS) is 22.5. The van der Waals surface area contributed by atoms with Crippen LogP contribution in [0, 0.1) is 12.8 Å². The van der Waals surface area contributed by atoms with E-state index < -0.39 is 0 Å². The second-order valence-corrected chi connectivity index (χ2v) is 7.01. The highest BCUT2D eigenvalue weighted by atomic mass is 32.1. The molecule has 1 atom stereocenters. The number of thiophene rings is 1. The summed E-state index contributed by atoms with van der Waals surface area (Å²) in [5.41, 5.74) is 1.30. The molecule has 3 heterocycles. The van der Waals surface area contributed by atoms with E-state index in [4.69, 9.17) is 9.47 Å². The first-order valence-corrected chi connectivity index (χ1v) is 8.60. The highest BCUT2D eigenvalue weighted by molar-refractivity contribution is 7.10. The van der Waals surface area contributed by atoms with E-state index in [2.05, 4.69) is 18.4 Å². The van der Waals surface area contributed by atoms with Gasteiger partial charge in [-0.3, -0.25) is 4.79 Å². The average molecular weight is 309 g/mol. The first-order chi connectivity index (χ1) is 10.2. The van der Waals surface area contributed by atoms with Crippen LogP contribution in [0.25, 0.3) is 0 Å². The summed E-state index contributed by atoms with van der Waals surface area (Å²) in [7, 11) is 0. The highest BCUT2D eigenvalue weighted by Crippen LogP contribution is 2.20. The molecule has 1 amide bonds. The zero-order valence-electron chi connectivity index (χ0n) is 12.5. The van der Waals surface area contributed by atoms with Crippen molar-refractivity contribution in [3.05, 3.63) is 21.9 Å². The molecule has 0 radical (unpaired) electrons. The number of rotatable bonds is 6. The largest absolute Gasteiger partial charge is 0.381 e. The molecular formula is C16H23NO3S. The number of nitrogens with zero attached hydrogens (tertiary/aromatic N) is 1. The smallest absolute Gasteiger partial charge is 0.223 e. The molecule has 0 N–H and O–H groups in total. The van der Waals surface area contributed by atoms with Gasteiger partial charge in [-0.25, -0.2) is 0 Å². The van der Waals surface area contributed by atoms with Crippen LogP contribution in [0.1, 0.15) is 23.3 Å². The van der Waals surface area contributed by atoms with Crippen molar-refractivity contribution in [1.82, 2.24) is 4.90 Å². The van der Waals surface area contributed by atoms with Crippen molar-refractivity contribution >= 4 is 17.2 Å². The third-order valence-electron chi connectivity index (χ3n) is 4.33. The van der Waals surface area contributed by atoms with Crippen LogP contribution in [0.15, 0.2) is 11.4 Å². The maximum Gasteiger partial charge on any atom is 0.223 e. The van der Waals surface area contributed by atoms with Crippen molar-refractivity contribution in [1.29, 1.82) is 0 Å². The summed E-state index contributed by atoms with van der Waals surface area (Å²) in [6.45, 7) is 6.10. The summed E-state index contributed by atoms with van der Waals surface area (Å²) in [6, 6.07) is 2.12. The summed E-state index contributed by atoms with van der Waals surface area (Å²) >= 11 is 1.74. The average Bonchev–Trinajstić information content (AvgIpc) is 3.06. The quantitative estimate of drug-likeness (QED) is 0.809. The number of carbonyl (C=O) groups excluding carboxylic acids is 1. The Balaban J connectivity index is 1.32. The van der Waals surface area contributed by atoms with E-state index in [1.54, 1.807) is 11.3 Å². The molecule has 3 rings (SSSR count). The lowest BCUT2D eigenvalue weighted by molar-refractivity contribution is -0.145. The van der Waals surface area contributed by atoms with Gasteiger partial charge in [0, 0.05) is 36.9 Å². The lowest BCUT2D eigenvalue weighted by atomic mass is 10.1. The molecule has 2 aliphatic rings. The van der Waals surface area contributed by atoms with Crippen molar-refractivity contribution in [3.8, 4) is 0 Å². The summed E-state index contributed by atoms with van der Waals surface area (Å²) < 4.78 is 11.2. The van der Waals surface area contributed by atoms with Gasteiger partial charge in [0.25, 0.3) is 0 Å². The third kappa shape index (κ3) is 3.84. The number of hydrogen-bond acceptors (Lipinski definition) is 4. The van der Waals surface area contributed by atoms with Gasteiger partial charge in [0.15, 0.2) is 0 Å². The fourth-order valence-corrected chi connectivity index (χ4v) is 3.68. The maximum absolute atomic E-state index is 12.1. The SMILES string of the molecule is Cc1ccsc1CCC(=O)N1CC(OCC2CCOC2)C1. The van der Waals surface area contributed by atoms with E-state index in [1.807, 2.05) is 4.90 Å². The van der Waals surface area contributed by atoms with E-state index in [0.29, 0.717) is 12.3 Å². The minimum Gasteiger partial charge on any atom is -0.381 e. The van der Waals surface area contributed by atoms with Crippen molar-refractivity contribution in [2.75, 3.05) is 32.9 Å². The second-order valence-electron chi connectivity index (χ2n) is 6.01. The molecule has 2 saturated heterocycles. The second kappa shape index (κ2) is 6.90. The number of likely N-dealkylation sites (tertiary alicyclic amines) is 1. The summed E-state index contributed by atoms with van der Waals surface area (Å²) in [5, 5.41) is 2.09. The van der Waals surface area contributed by atoms with Crippen molar-refractivity contribution in [2.24, 2.45) is 5.92 Å². The molecule has 0 aliphatic carbocycles. The van der Waals surface area contributed by atoms with Crippen LogP contribution in [0.5, 0.6) is 0 Å². The Morgan fingerprint density at radius 1 is 1.52 bits per heavy atom. The van der Waals surface area contributed by atoms with Gasteiger partial charge in [-0.2, -0.15) is 0 Å². The first kappa shape index (κ1) is 15.0. The summed E-state index contributed by atoms with van der Waals surface area (Å²) in [6.07, 6.45) is 2.82. The molecule has 0 bridgehead atoms. The van der Waals surface area contributed by atoms with Gasteiger partial charge in [-0.15, -0.1) is 11.3 Å². The van der Waals surface area contributed by atoms with Crippen molar-refractivity contribution in [2.45, 2.75) is 32.3 Å². The van der Waals surface area contributed by atoms with Gasteiger partial charge in [-0.1, -0.05) is 0 Å². The fourth-order valence-electron chi connectivity index (χ4n) is 2.77. The number of amides is 1. The molecule has 1 aromatic rings. The Hall–Kier alpha value is -0.910. The lowest BCUT2D eigenvalue weighted by Crippen LogP contribution is -2.55. The Bertz CT molecular complexity index is 476. The zero-order valence-corrected chi connectivity index (χ0v) is 13.4. The van der Waals surface area contributed by atoms with E-state index in [-0.39, 0.29) is 12.0 Å². The lowest BCUT2D eigenvalue weighted by Gasteiger charge is -2.39. The van der Waals surface area contributed by atoms with E-state index >= 15 is 0 Å². The summed E-state index contributed by atoms with van der Waals surface area (Å²) in [4.78, 5) is 15.3. The maximum atomic E-state index is 12.1. The number of ether oxygens (including phenoxy) is 2. The Morgan fingerprint density at radius 2 is 2.38 bits per heavy atom. The van der Waals surface area contributed by atoms with Gasteiger partial charge < -0.3 is 14.4 Å². The van der Waals surface area contributed by atoms with Crippen LogP contribution in [0.2, 0.25) is 0 Å². The molecule has 0 aromatic carbocycles. The molecular weight excluding hydrogens is 286 g/mol. The standard InChI is InChI=1S/C16H23NO3S/c1-12-5-7-21-15(12)2-3-16(18)17-8-14(9-17)20-11-13-4-6-19-10-13/h5,7,13-14H,2-4,6,8-11H2,1H3. The molecule has 21 heavy (non-hydrogen) atoms. The van der Waals surface area contributed by atoms with Gasteiger partial charge in [0.2, 0.25) is 5.91 Å². The van der Waals surface area contributed by atoms with Gasteiger partial charge in [-0.05, 0) is 36.8 Å². The molecule has 1 unspecified atom stereocenters. The van der Waals surface area contributed by atoms with Crippen LogP contribution in [-0.4, -0.2) is 49.8 Å². The van der Waals surface area contributed by atoms with Gasteiger partial charge in [0.05, 0.1) is 19.3 Å². The van der Waals surface area contributed by atoms with Crippen LogP contribution in [0.3, 0.4) is 0 Å². The van der Waals surface area contributed by atoms with Crippen molar-refractivity contribution < 1.29 is 14.3 Å². The van der Waals surface area contributed by atoms with Crippen LogP contribution < -0.4 is 0 Å².